The van der Waals surface area contributed by atoms with Crippen molar-refractivity contribution in [3.8, 4) is 0 Å². The maximum absolute atomic E-state index is 11.3. The summed E-state index contributed by atoms with van der Waals surface area (Å²) in [6, 6.07) is 14.9. The molecule has 2 rings (SSSR count). The highest BCUT2D eigenvalue weighted by atomic mass is 16.4. The van der Waals surface area contributed by atoms with Gasteiger partial charge in [-0.1, -0.05) is 42.5 Å². The van der Waals surface area contributed by atoms with Crippen molar-refractivity contribution < 1.29 is 14.7 Å². The predicted octanol–water partition coefficient (Wildman–Crippen LogP) is 1.70. The van der Waals surface area contributed by atoms with Crippen LogP contribution < -0.4 is 11.1 Å². The van der Waals surface area contributed by atoms with Crippen molar-refractivity contribution in [3.05, 3.63) is 71.3 Å². The lowest BCUT2D eigenvalue weighted by Crippen LogP contribution is -2.28. The second-order valence-corrected chi connectivity index (χ2v) is 4.62. The van der Waals surface area contributed by atoms with Crippen LogP contribution in [0.25, 0.3) is 0 Å². The fourth-order valence-electron chi connectivity index (χ4n) is 2.00. The van der Waals surface area contributed by atoms with E-state index in [1.807, 2.05) is 6.07 Å². The van der Waals surface area contributed by atoms with E-state index in [0.29, 0.717) is 17.7 Å². The molecule has 1 unspecified atom stereocenters. The SMILES string of the molecule is NC(=O)c1ccc(CNC(C(=O)O)c2ccccc2)cc1. The molecule has 0 spiro atoms. The number of hydrogen-bond donors (Lipinski definition) is 3. The van der Waals surface area contributed by atoms with E-state index in [9.17, 15) is 14.7 Å². The zero-order valence-corrected chi connectivity index (χ0v) is 11.3. The highest BCUT2D eigenvalue weighted by molar-refractivity contribution is 5.92. The third kappa shape index (κ3) is 3.90. The summed E-state index contributed by atoms with van der Waals surface area (Å²) in [6.45, 7) is 0.380. The molecule has 2 aromatic carbocycles. The zero-order valence-electron chi connectivity index (χ0n) is 11.3. The van der Waals surface area contributed by atoms with Crippen LogP contribution >= 0.6 is 0 Å². The molecule has 0 aliphatic carbocycles. The Morgan fingerprint density at radius 1 is 1.05 bits per heavy atom. The number of benzene rings is 2. The Labute approximate surface area is 122 Å². The number of carbonyl (C=O) groups is 2. The van der Waals surface area contributed by atoms with Crippen molar-refractivity contribution in [2.45, 2.75) is 12.6 Å². The molecule has 4 N–H and O–H groups in total. The van der Waals surface area contributed by atoms with E-state index in [1.54, 1.807) is 48.5 Å². The molecule has 0 bridgehead atoms. The first-order valence-corrected chi connectivity index (χ1v) is 6.48. The van der Waals surface area contributed by atoms with Gasteiger partial charge in [0.05, 0.1) is 0 Å². The lowest BCUT2D eigenvalue weighted by atomic mass is 10.1. The van der Waals surface area contributed by atoms with Crippen molar-refractivity contribution in [2.24, 2.45) is 5.73 Å². The van der Waals surface area contributed by atoms with Crippen LogP contribution in [0.5, 0.6) is 0 Å². The van der Waals surface area contributed by atoms with Gasteiger partial charge in [-0.05, 0) is 23.3 Å². The second-order valence-electron chi connectivity index (χ2n) is 4.62. The number of nitrogens with two attached hydrogens (primary N) is 1. The minimum Gasteiger partial charge on any atom is -0.480 e. The number of amides is 1. The maximum Gasteiger partial charge on any atom is 0.325 e. The molecule has 5 nitrogen and oxygen atoms in total. The normalized spacial score (nSPS) is 11.8. The number of carboxylic acids is 1. The fraction of sp³-hybridized carbons (Fsp3) is 0.125. The molecular weight excluding hydrogens is 268 g/mol. The van der Waals surface area contributed by atoms with Gasteiger partial charge in [-0.15, -0.1) is 0 Å². The second kappa shape index (κ2) is 6.67. The molecule has 0 aromatic heterocycles. The summed E-state index contributed by atoms with van der Waals surface area (Å²) in [5, 5.41) is 12.3. The van der Waals surface area contributed by atoms with Crippen LogP contribution in [-0.4, -0.2) is 17.0 Å². The van der Waals surface area contributed by atoms with Crippen LogP contribution in [0.15, 0.2) is 54.6 Å². The van der Waals surface area contributed by atoms with Gasteiger partial charge >= 0.3 is 5.97 Å². The smallest absolute Gasteiger partial charge is 0.325 e. The third-order valence-electron chi connectivity index (χ3n) is 3.13. The summed E-state index contributed by atoms with van der Waals surface area (Å²) in [5.74, 6) is -1.42. The summed E-state index contributed by atoms with van der Waals surface area (Å²) >= 11 is 0. The summed E-state index contributed by atoms with van der Waals surface area (Å²) < 4.78 is 0. The van der Waals surface area contributed by atoms with Gasteiger partial charge in [0.25, 0.3) is 0 Å². The first-order chi connectivity index (χ1) is 10.1. The van der Waals surface area contributed by atoms with E-state index in [0.717, 1.165) is 5.56 Å². The number of aliphatic carboxylic acids is 1. The van der Waals surface area contributed by atoms with Crippen molar-refractivity contribution in [2.75, 3.05) is 0 Å². The van der Waals surface area contributed by atoms with E-state index in [4.69, 9.17) is 5.73 Å². The van der Waals surface area contributed by atoms with Crippen LogP contribution in [-0.2, 0) is 11.3 Å². The van der Waals surface area contributed by atoms with Crippen LogP contribution in [0.1, 0.15) is 27.5 Å². The quantitative estimate of drug-likeness (QED) is 0.752. The standard InChI is InChI=1S/C16H16N2O3/c17-15(19)13-8-6-11(7-9-13)10-18-14(16(20)21)12-4-2-1-3-5-12/h1-9,14,18H,10H2,(H2,17,19)(H,20,21). The summed E-state index contributed by atoms with van der Waals surface area (Å²) in [4.78, 5) is 22.3. The van der Waals surface area contributed by atoms with E-state index >= 15 is 0 Å². The summed E-state index contributed by atoms with van der Waals surface area (Å²) in [6.07, 6.45) is 0. The van der Waals surface area contributed by atoms with Gasteiger partial charge in [0.1, 0.15) is 6.04 Å². The third-order valence-corrected chi connectivity index (χ3v) is 3.13. The molecule has 2 aromatic rings. The zero-order chi connectivity index (χ0) is 15.2. The Morgan fingerprint density at radius 2 is 1.67 bits per heavy atom. The molecule has 0 radical (unpaired) electrons. The molecule has 1 amide bonds. The number of nitrogens with one attached hydrogen (secondary N) is 1. The van der Waals surface area contributed by atoms with Crippen LogP contribution in [0.4, 0.5) is 0 Å². The monoisotopic (exact) mass is 284 g/mol. The molecule has 21 heavy (non-hydrogen) atoms. The average Bonchev–Trinajstić information content (AvgIpc) is 2.48. The van der Waals surface area contributed by atoms with Gasteiger partial charge in [-0.2, -0.15) is 0 Å². The molecule has 0 aliphatic heterocycles. The number of rotatable bonds is 6. The lowest BCUT2D eigenvalue weighted by Gasteiger charge is -2.15. The minimum atomic E-state index is -0.935. The predicted molar refractivity (Wildman–Crippen MR) is 78.6 cm³/mol. The molecule has 0 saturated carbocycles. The Kier molecular flexibility index (Phi) is 4.68. The van der Waals surface area contributed by atoms with Crippen molar-refractivity contribution in [1.82, 2.24) is 5.32 Å². The number of carbonyl (C=O) groups excluding carboxylic acids is 1. The van der Waals surface area contributed by atoms with Gasteiger partial charge in [0, 0.05) is 12.1 Å². The Hall–Kier alpha value is -2.66. The van der Waals surface area contributed by atoms with Gasteiger partial charge in [-0.25, -0.2) is 0 Å². The van der Waals surface area contributed by atoms with Crippen molar-refractivity contribution >= 4 is 11.9 Å². The van der Waals surface area contributed by atoms with Gasteiger partial charge < -0.3 is 10.8 Å². The van der Waals surface area contributed by atoms with E-state index in [-0.39, 0.29) is 0 Å². The first kappa shape index (κ1) is 14.7. The largest absolute Gasteiger partial charge is 0.480 e. The molecule has 5 heteroatoms. The van der Waals surface area contributed by atoms with Crippen molar-refractivity contribution in [3.63, 3.8) is 0 Å². The van der Waals surface area contributed by atoms with Gasteiger partial charge in [0.15, 0.2) is 0 Å². The number of primary amides is 1. The highest BCUT2D eigenvalue weighted by Gasteiger charge is 2.18. The topological polar surface area (TPSA) is 92.4 Å². The number of carboxylic acid groups (broad SMARTS) is 1. The van der Waals surface area contributed by atoms with Crippen LogP contribution in [0, 0.1) is 0 Å². The Morgan fingerprint density at radius 3 is 2.19 bits per heavy atom. The molecule has 1 atom stereocenters. The van der Waals surface area contributed by atoms with E-state index < -0.39 is 17.9 Å². The lowest BCUT2D eigenvalue weighted by molar-refractivity contribution is -0.139. The maximum atomic E-state index is 11.3. The average molecular weight is 284 g/mol. The Bertz CT molecular complexity index is 624. The molecule has 0 heterocycles. The minimum absolute atomic E-state index is 0.380. The molecule has 0 saturated heterocycles. The fourth-order valence-corrected chi connectivity index (χ4v) is 2.00. The summed E-state index contributed by atoms with van der Waals surface area (Å²) in [5.41, 5.74) is 7.17. The van der Waals surface area contributed by atoms with Crippen LogP contribution in [0.2, 0.25) is 0 Å². The number of hydrogen-bond acceptors (Lipinski definition) is 3. The van der Waals surface area contributed by atoms with E-state index in [1.165, 1.54) is 0 Å². The Balaban J connectivity index is 2.05. The van der Waals surface area contributed by atoms with Crippen LogP contribution in [0.3, 0.4) is 0 Å². The van der Waals surface area contributed by atoms with Gasteiger partial charge in [0.2, 0.25) is 5.91 Å². The highest BCUT2D eigenvalue weighted by Crippen LogP contribution is 2.14. The molecule has 0 fully saturated rings. The van der Waals surface area contributed by atoms with Gasteiger partial charge in [-0.3, -0.25) is 14.9 Å². The molecule has 0 aliphatic rings. The van der Waals surface area contributed by atoms with E-state index in [2.05, 4.69) is 5.32 Å². The van der Waals surface area contributed by atoms with Crippen molar-refractivity contribution in [1.29, 1.82) is 0 Å². The summed E-state index contributed by atoms with van der Waals surface area (Å²) in [7, 11) is 0. The molecular formula is C16H16N2O3. The molecule has 108 valence electrons. The first-order valence-electron chi connectivity index (χ1n) is 6.48.